The van der Waals surface area contributed by atoms with Crippen LogP contribution in [0, 0.1) is 0 Å². The lowest BCUT2D eigenvalue weighted by molar-refractivity contribution is 0.0792. The van der Waals surface area contributed by atoms with Crippen molar-refractivity contribution in [2.24, 2.45) is 0 Å². The number of hydrogen-bond acceptors (Lipinski definition) is 5. The van der Waals surface area contributed by atoms with Crippen LogP contribution in [0.15, 0.2) is 66.7 Å². The maximum atomic E-state index is 13.6. The van der Waals surface area contributed by atoms with Gasteiger partial charge < -0.3 is 30.1 Å². The monoisotopic (exact) mass is 561 g/mol. The molecule has 2 N–H and O–H groups in total. The summed E-state index contributed by atoms with van der Waals surface area (Å²) in [5.41, 5.74) is 2.99. The highest BCUT2D eigenvalue weighted by atomic mass is 35.5. The van der Waals surface area contributed by atoms with E-state index < -0.39 is 0 Å². The Bertz CT molecular complexity index is 1400. The molecule has 5 rings (SSSR count). The molecule has 208 valence electrons. The van der Waals surface area contributed by atoms with Crippen LogP contribution < -0.4 is 20.3 Å². The van der Waals surface area contributed by atoms with Gasteiger partial charge in [-0.2, -0.15) is 0 Å². The fourth-order valence-electron chi connectivity index (χ4n) is 5.04. The van der Waals surface area contributed by atoms with Crippen molar-refractivity contribution in [3.63, 3.8) is 0 Å². The number of methoxy groups -OCH3 is 1. The molecule has 0 atom stereocenters. The smallest absolute Gasteiger partial charge is 0.321 e. The molecule has 3 aromatic rings. The average molecular weight is 562 g/mol. The van der Waals surface area contributed by atoms with E-state index in [9.17, 15) is 14.4 Å². The maximum Gasteiger partial charge on any atom is 0.321 e. The van der Waals surface area contributed by atoms with Crippen molar-refractivity contribution in [3.05, 3.63) is 82.9 Å². The van der Waals surface area contributed by atoms with Gasteiger partial charge in [-0.05, 0) is 67.4 Å². The first kappa shape index (κ1) is 27.3. The summed E-state index contributed by atoms with van der Waals surface area (Å²) < 4.78 is 5.23. The zero-order valence-corrected chi connectivity index (χ0v) is 23.1. The standard InChI is InChI=1S/C30H32ClN5O4/c1-40-25-9-4-6-21(18-25)28(37)32-24-10-11-27(26(20-24)29(38)35-12-2-3-13-35)34-14-16-36(17-15-34)30(39)33-23-8-5-7-22(31)19-23/h4-11,18-20H,2-3,12-17H2,1H3,(H,32,37)(H,33,39). The second-order valence-electron chi connectivity index (χ2n) is 9.83. The van der Waals surface area contributed by atoms with E-state index in [1.54, 1.807) is 66.6 Å². The fourth-order valence-corrected chi connectivity index (χ4v) is 5.23. The van der Waals surface area contributed by atoms with E-state index in [0.29, 0.717) is 59.5 Å². The first-order valence-electron chi connectivity index (χ1n) is 13.4. The van der Waals surface area contributed by atoms with Crippen LogP contribution in [0.25, 0.3) is 0 Å². The third-order valence-electron chi connectivity index (χ3n) is 7.19. The third-order valence-corrected chi connectivity index (χ3v) is 7.43. The number of ether oxygens (including phenoxy) is 1. The van der Waals surface area contributed by atoms with E-state index in [4.69, 9.17) is 16.3 Å². The highest BCUT2D eigenvalue weighted by Crippen LogP contribution is 2.29. The van der Waals surface area contributed by atoms with E-state index in [1.807, 2.05) is 17.0 Å². The molecule has 0 unspecified atom stereocenters. The molecule has 0 aliphatic carbocycles. The lowest BCUT2D eigenvalue weighted by Crippen LogP contribution is -2.50. The van der Waals surface area contributed by atoms with E-state index in [1.165, 1.54) is 0 Å². The number of piperazine rings is 1. The first-order chi connectivity index (χ1) is 19.4. The molecule has 4 amide bonds. The van der Waals surface area contributed by atoms with E-state index in [2.05, 4.69) is 15.5 Å². The van der Waals surface area contributed by atoms with Gasteiger partial charge in [0.15, 0.2) is 0 Å². The highest BCUT2D eigenvalue weighted by molar-refractivity contribution is 6.30. The molecule has 40 heavy (non-hydrogen) atoms. The van der Waals surface area contributed by atoms with Gasteiger partial charge in [-0.25, -0.2) is 4.79 Å². The normalized spacial score (nSPS) is 15.1. The summed E-state index contributed by atoms with van der Waals surface area (Å²) in [6, 6.07) is 19.2. The van der Waals surface area contributed by atoms with Gasteiger partial charge in [0.25, 0.3) is 11.8 Å². The van der Waals surface area contributed by atoms with Crippen LogP contribution in [-0.4, -0.2) is 74.0 Å². The molecule has 2 aliphatic heterocycles. The lowest BCUT2D eigenvalue weighted by Gasteiger charge is -2.37. The number of anilines is 3. The number of halogens is 1. The quantitative estimate of drug-likeness (QED) is 0.432. The highest BCUT2D eigenvalue weighted by Gasteiger charge is 2.28. The summed E-state index contributed by atoms with van der Waals surface area (Å²) >= 11 is 6.04. The molecule has 0 bridgehead atoms. The van der Waals surface area contributed by atoms with Crippen molar-refractivity contribution in [1.82, 2.24) is 9.80 Å². The van der Waals surface area contributed by atoms with Gasteiger partial charge in [0.2, 0.25) is 0 Å². The Hall–Kier alpha value is -4.24. The Morgan fingerprint density at radius 2 is 1.50 bits per heavy atom. The van der Waals surface area contributed by atoms with Crippen LogP contribution in [0.1, 0.15) is 33.6 Å². The SMILES string of the molecule is COc1cccc(C(=O)Nc2ccc(N3CCN(C(=O)Nc4cccc(Cl)c4)CC3)c(C(=O)N3CCCC3)c2)c1. The van der Waals surface area contributed by atoms with Crippen LogP contribution in [0.5, 0.6) is 5.75 Å². The molecule has 2 fully saturated rings. The number of hydrogen-bond donors (Lipinski definition) is 2. The van der Waals surface area contributed by atoms with E-state index in [-0.39, 0.29) is 17.8 Å². The van der Waals surface area contributed by atoms with E-state index >= 15 is 0 Å². The number of likely N-dealkylation sites (tertiary alicyclic amines) is 1. The Balaban J connectivity index is 1.31. The van der Waals surface area contributed by atoms with Gasteiger partial charge in [0.05, 0.1) is 12.7 Å². The molecular weight excluding hydrogens is 530 g/mol. The topological polar surface area (TPSA) is 94.2 Å². The number of benzene rings is 3. The molecule has 0 saturated carbocycles. The second-order valence-corrected chi connectivity index (χ2v) is 10.3. The summed E-state index contributed by atoms with van der Waals surface area (Å²) in [4.78, 5) is 45.1. The molecule has 0 aromatic heterocycles. The Morgan fingerprint density at radius 1 is 0.775 bits per heavy atom. The molecule has 10 heteroatoms. The molecule has 0 radical (unpaired) electrons. The maximum absolute atomic E-state index is 13.6. The molecular formula is C30H32ClN5O4. The minimum atomic E-state index is -0.287. The Morgan fingerprint density at radius 3 is 2.23 bits per heavy atom. The fraction of sp³-hybridized carbons (Fsp3) is 0.300. The number of carbonyl (C=O) groups excluding carboxylic acids is 3. The van der Waals surface area contributed by atoms with Crippen molar-refractivity contribution in [3.8, 4) is 5.75 Å². The second kappa shape index (κ2) is 12.3. The van der Waals surface area contributed by atoms with Gasteiger partial charge >= 0.3 is 6.03 Å². The molecule has 9 nitrogen and oxygen atoms in total. The summed E-state index contributed by atoms with van der Waals surface area (Å²) in [5.74, 6) is 0.255. The lowest BCUT2D eigenvalue weighted by atomic mass is 10.1. The van der Waals surface area contributed by atoms with Gasteiger partial charge in [-0.1, -0.05) is 23.7 Å². The summed E-state index contributed by atoms with van der Waals surface area (Å²) in [7, 11) is 1.55. The van der Waals surface area contributed by atoms with Crippen molar-refractivity contribution in [2.75, 3.05) is 61.9 Å². The van der Waals surface area contributed by atoms with Crippen LogP contribution >= 0.6 is 11.6 Å². The Labute approximate surface area is 238 Å². The van der Waals surface area contributed by atoms with Crippen LogP contribution in [0.4, 0.5) is 21.9 Å². The molecule has 2 saturated heterocycles. The van der Waals surface area contributed by atoms with Crippen molar-refractivity contribution in [1.29, 1.82) is 0 Å². The number of rotatable bonds is 6. The zero-order valence-electron chi connectivity index (χ0n) is 22.4. The van der Waals surface area contributed by atoms with Gasteiger partial charge in [0, 0.05) is 66.9 Å². The van der Waals surface area contributed by atoms with Gasteiger partial charge in [0.1, 0.15) is 5.75 Å². The zero-order chi connectivity index (χ0) is 28.1. The minimum Gasteiger partial charge on any atom is -0.497 e. The van der Waals surface area contributed by atoms with Crippen LogP contribution in [-0.2, 0) is 0 Å². The Kier molecular flexibility index (Phi) is 8.40. The third kappa shape index (κ3) is 6.31. The summed E-state index contributed by atoms with van der Waals surface area (Å²) in [6.45, 7) is 3.57. The number of nitrogens with zero attached hydrogens (tertiary/aromatic N) is 3. The number of carbonyl (C=O) groups is 3. The number of urea groups is 1. The van der Waals surface area contributed by atoms with E-state index in [0.717, 1.165) is 31.6 Å². The number of amides is 4. The average Bonchev–Trinajstić information content (AvgIpc) is 3.52. The predicted octanol–water partition coefficient (Wildman–Crippen LogP) is 5.19. The van der Waals surface area contributed by atoms with Crippen molar-refractivity contribution in [2.45, 2.75) is 12.8 Å². The van der Waals surface area contributed by atoms with Gasteiger partial charge in [-0.15, -0.1) is 0 Å². The van der Waals surface area contributed by atoms with Crippen molar-refractivity contribution >= 4 is 46.5 Å². The largest absolute Gasteiger partial charge is 0.497 e. The van der Waals surface area contributed by atoms with Gasteiger partial charge in [-0.3, -0.25) is 9.59 Å². The summed E-state index contributed by atoms with van der Waals surface area (Å²) in [5, 5.41) is 6.37. The molecule has 2 aliphatic rings. The summed E-state index contributed by atoms with van der Waals surface area (Å²) in [6.07, 6.45) is 1.96. The number of nitrogens with one attached hydrogen (secondary N) is 2. The predicted molar refractivity (Wildman–Crippen MR) is 157 cm³/mol. The molecule has 0 spiro atoms. The minimum absolute atomic E-state index is 0.0499. The molecule has 2 heterocycles. The van der Waals surface area contributed by atoms with Crippen LogP contribution in [0.2, 0.25) is 5.02 Å². The van der Waals surface area contributed by atoms with Crippen molar-refractivity contribution < 1.29 is 19.1 Å². The molecule has 3 aromatic carbocycles. The first-order valence-corrected chi connectivity index (χ1v) is 13.7. The van der Waals surface area contributed by atoms with Crippen LogP contribution in [0.3, 0.4) is 0 Å².